The van der Waals surface area contributed by atoms with Crippen molar-refractivity contribution in [2.24, 2.45) is 0 Å². The van der Waals surface area contributed by atoms with E-state index in [2.05, 4.69) is 5.32 Å². The van der Waals surface area contributed by atoms with Gasteiger partial charge in [-0.1, -0.05) is 43.2 Å². The molecule has 0 atom stereocenters. The summed E-state index contributed by atoms with van der Waals surface area (Å²) in [6.45, 7) is 4.21. The molecule has 1 aliphatic rings. The Morgan fingerprint density at radius 1 is 0.816 bits per heavy atom. The predicted molar refractivity (Wildman–Crippen MR) is 149 cm³/mol. The van der Waals surface area contributed by atoms with Crippen LogP contribution in [-0.4, -0.2) is 46.7 Å². The summed E-state index contributed by atoms with van der Waals surface area (Å²) in [7, 11) is -7.65. The van der Waals surface area contributed by atoms with Gasteiger partial charge in [-0.05, 0) is 80.3 Å². The van der Waals surface area contributed by atoms with Gasteiger partial charge in [-0.25, -0.2) is 16.8 Å². The average molecular weight is 556 g/mol. The van der Waals surface area contributed by atoms with Gasteiger partial charge in [-0.2, -0.15) is 4.31 Å². The summed E-state index contributed by atoms with van der Waals surface area (Å²) in [6.07, 6.45) is 3.73. The van der Waals surface area contributed by atoms with Crippen molar-refractivity contribution in [3.8, 4) is 0 Å². The Hall–Kier alpha value is -3.21. The number of aryl methyl sites for hydroxylation is 2. The second kappa shape index (κ2) is 11.7. The number of carbonyl (C=O) groups excluding carboxylic acids is 1. The van der Waals surface area contributed by atoms with Gasteiger partial charge >= 0.3 is 0 Å². The zero-order chi connectivity index (χ0) is 27.3. The fourth-order valence-corrected chi connectivity index (χ4v) is 7.50. The molecule has 3 aromatic carbocycles. The van der Waals surface area contributed by atoms with E-state index in [1.807, 2.05) is 19.1 Å². The lowest BCUT2D eigenvalue weighted by atomic mass is 10.1. The highest BCUT2D eigenvalue weighted by molar-refractivity contribution is 7.92. The molecule has 1 heterocycles. The molecule has 38 heavy (non-hydrogen) atoms. The highest BCUT2D eigenvalue weighted by atomic mass is 32.2. The van der Waals surface area contributed by atoms with Crippen molar-refractivity contribution in [2.45, 2.75) is 49.3 Å². The SMILES string of the molecule is Cc1ccc(C)c(N(CC(=O)Nc2ccc(S(=O)(=O)N3CCCCCC3)cc2)S(=O)(=O)c2ccccc2)c1. The van der Waals surface area contributed by atoms with Crippen LogP contribution in [0.4, 0.5) is 11.4 Å². The highest BCUT2D eigenvalue weighted by Gasteiger charge is 2.29. The average Bonchev–Trinajstić information content (AvgIpc) is 3.20. The number of nitrogens with one attached hydrogen (secondary N) is 1. The first-order chi connectivity index (χ1) is 18.1. The van der Waals surface area contributed by atoms with Crippen LogP contribution in [0.15, 0.2) is 82.6 Å². The van der Waals surface area contributed by atoms with Gasteiger partial charge in [0.1, 0.15) is 6.54 Å². The first kappa shape index (κ1) is 27.8. The van der Waals surface area contributed by atoms with Crippen molar-refractivity contribution in [1.29, 1.82) is 0 Å². The monoisotopic (exact) mass is 555 g/mol. The summed E-state index contributed by atoms with van der Waals surface area (Å²) in [4.78, 5) is 13.3. The fraction of sp³-hybridized carbons (Fsp3) is 0.321. The Labute approximate surface area is 225 Å². The van der Waals surface area contributed by atoms with Crippen molar-refractivity contribution in [2.75, 3.05) is 29.3 Å². The molecule has 0 saturated carbocycles. The molecule has 1 aliphatic heterocycles. The lowest BCUT2D eigenvalue weighted by Crippen LogP contribution is -2.38. The quantitative estimate of drug-likeness (QED) is 0.434. The van der Waals surface area contributed by atoms with E-state index in [0.29, 0.717) is 30.0 Å². The number of nitrogens with zero attached hydrogens (tertiary/aromatic N) is 2. The third-order valence-corrected chi connectivity index (χ3v) is 10.3. The molecule has 0 aromatic heterocycles. The molecule has 4 rings (SSSR count). The number of amides is 1. The number of benzene rings is 3. The van der Waals surface area contributed by atoms with Crippen LogP contribution in [0, 0.1) is 13.8 Å². The van der Waals surface area contributed by atoms with Gasteiger partial charge < -0.3 is 5.32 Å². The van der Waals surface area contributed by atoms with E-state index in [-0.39, 0.29) is 9.79 Å². The number of rotatable bonds is 8. The third kappa shape index (κ3) is 6.25. The van der Waals surface area contributed by atoms with Gasteiger partial charge in [-0.3, -0.25) is 9.10 Å². The van der Waals surface area contributed by atoms with Crippen LogP contribution in [0.5, 0.6) is 0 Å². The normalized spacial score (nSPS) is 15.0. The summed E-state index contributed by atoms with van der Waals surface area (Å²) in [6, 6.07) is 19.4. The van der Waals surface area contributed by atoms with Crippen molar-refractivity contribution >= 4 is 37.3 Å². The summed E-state index contributed by atoms with van der Waals surface area (Å²) in [5.74, 6) is -0.548. The number of hydrogen-bond acceptors (Lipinski definition) is 5. The van der Waals surface area contributed by atoms with Gasteiger partial charge in [0.15, 0.2) is 0 Å². The maximum atomic E-state index is 13.6. The Kier molecular flexibility index (Phi) is 8.54. The van der Waals surface area contributed by atoms with E-state index in [9.17, 15) is 21.6 Å². The van der Waals surface area contributed by atoms with Crippen molar-refractivity contribution in [3.63, 3.8) is 0 Å². The molecule has 0 spiro atoms. The molecule has 0 aliphatic carbocycles. The molecule has 0 bridgehead atoms. The first-order valence-corrected chi connectivity index (χ1v) is 15.5. The topological polar surface area (TPSA) is 104 Å². The van der Waals surface area contributed by atoms with Crippen molar-refractivity contribution in [1.82, 2.24) is 4.31 Å². The molecule has 202 valence electrons. The zero-order valence-electron chi connectivity index (χ0n) is 21.6. The summed E-state index contributed by atoms with van der Waals surface area (Å²) >= 11 is 0. The van der Waals surface area contributed by atoms with Crippen LogP contribution in [0.25, 0.3) is 0 Å². The van der Waals surface area contributed by atoms with Crippen LogP contribution in [-0.2, 0) is 24.8 Å². The molecule has 10 heteroatoms. The lowest BCUT2D eigenvalue weighted by molar-refractivity contribution is -0.114. The van der Waals surface area contributed by atoms with E-state index in [0.717, 1.165) is 35.6 Å². The number of sulfonamides is 2. The molecule has 8 nitrogen and oxygen atoms in total. The third-order valence-electron chi connectivity index (χ3n) is 6.59. The molecule has 0 radical (unpaired) electrons. The Morgan fingerprint density at radius 3 is 2.08 bits per heavy atom. The van der Waals surface area contributed by atoms with Crippen molar-refractivity contribution in [3.05, 3.63) is 83.9 Å². The van der Waals surface area contributed by atoms with Gasteiger partial charge in [0.25, 0.3) is 10.0 Å². The molecular formula is C28H33N3O5S2. The standard InChI is InChI=1S/C28H33N3O5S2/c1-22-12-13-23(2)27(20-22)31(38(35,36)25-10-6-5-7-11-25)21-28(32)29-24-14-16-26(17-15-24)37(33,34)30-18-8-3-4-9-19-30/h5-7,10-17,20H,3-4,8-9,18-19,21H2,1-2H3,(H,29,32). The van der Waals surface area contributed by atoms with Crippen LogP contribution in [0.2, 0.25) is 0 Å². The second-order valence-electron chi connectivity index (χ2n) is 9.51. The first-order valence-electron chi connectivity index (χ1n) is 12.6. The molecule has 0 unspecified atom stereocenters. The predicted octanol–water partition coefficient (Wildman–Crippen LogP) is 4.70. The minimum atomic E-state index is -4.03. The minimum Gasteiger partial charge on any atom is -0.325 e. The fourth-order valence-electron chi connectivity index (χ4n) is 4.48. The second-order valence-corrected chi connectivity index (χ2v) is 13.3. The van der Waals surface area contributed by atoms with Gasteiger partial charge in [0, 0.05) is 18.8 Å². The van der Waals surface area contributed by atoms with E-state index >= 15 is 0 Å². The highest BCUT2D eigenvalue weighted by Crippen LogP contribution is 2.28. The van der Waals surface area contributed by atoms with E-state index in [4.69, 9.17) is 0 Å². The van der Waals surface area contributed by atoms with Crippen LogP contribution >= 0.6 is 0 Å². The smallest absolute Gasteiger partial charge is 0.264 e. The van der Waals surface area contributed by atoms with E-state index in [1.54, 1.807) is 31.2 Å². The van der Waals surface area contributed by atoms with Crippen molar-refractivity contribution < 1.29 is 21.6 Å². The number of anilines is 2. The maximum Gasteiger partial charge on any atom is 0.264 e. The molecule has 3 aromatic rings. The van der Waals surface area contributed by atoms with Crippen LogP contribution in [0.1, 0.15) is 36.8 Å². The molecular weight excluding hydrogens is 522 g/mol. The Balaban J connectivity index is 1.56. The maximum absolute atomic E-state index is 13.6. The summed E-state index contributed by atoms with van der Waals surface area (Å²) in [5, 5.41) is 2.71. The largest absolute Gasteiger partial charge is 0.325 e. The minimum absolute atomic E-state index is 0.0804. The summed E-state index contributed by atoms with van der Waals surface area (Å²) in [5.41, 5.74) is 2.37. The van der Waals surface area contributed by atoms with E-state index in [1.165, 1.54) is 40.7 Å². The zero-order valence-corrected chi connectivity index (χ0v) is 23.3. The van der Waals surface area contributed by atoms with Gasteiger partial charge in [0.2, 0.25) is 15.9 Å². The Morgan fingerprint density at radius 2 is 1.45 bits per heavy atom. The molecule has 1 fully saturated rings. The number of carbonyl (C=O) groups is 1. The number of hydrogen-bond donors (Lipinski definition) is 1. The van der Waals surface area contributed by atoms with Gasteiger partial charge in [-0.15, -0.1) is 0 Å². The Bertz CT molecular complexity index is 1480. The van der Waals surface area contributed by atoms with E-state index < -0.39 is 32.5 Å². The van der Waals surface area contributed by atoms with Gasteiger partial charge in [0.05, 0.1) is 15.5 Å². The van der Waals surface area contributed by atoms with Crippen LogP contribution in [0.3, 0.4) is 0 Å². The lowest BCUT2D eigenvalue weighted by Gasteiger charge is -2.26. The molecule has 1 amide bonds. The molecule has 1 saturated heterocycles. The summed E-state index contributed by atoms with van der Waals surface area (Å²) < 4.78 is 55.9. The molecule has 1 N–H and O–H groups in total. The van der Waals surface area contributed by atoms with Crippen LogP contribution < -0.4 is 9.62 Å².